The summed E-state index contributed by atoms with van der Waals surface area (Å²) in [5.41, 5.74) is 8.66. The molecule has 2 fully saturated rings. The van der Waals surface area contributed by atoms with Crippen molar-refractivity contribution in [3.05, 3.63) is 58.9 Å². The van der Waals surface area contributed by atoms with Crippen molar-refractivity contribution in [3.63, 3.8) is 0 Å². The molecular formula is C25H28BFN2O6S. The lowest BCUT2D eigenvalue weighted by Crippen LogP contribution is -2.36. The predicted molar refractivity (Wildman–Crippen MR) is 134 cm³/mol. The quantitative estimate of drug-likeness (QED) is 0.422. The van der Waals surface area contributed by atoms with E-state index in [0.29, 0.717) is 29.5 Å². The van der Waals surface area contributed by atoms with Gasteiger partial charge in [-0.2, -0.15) is 4.31 Å². The number of halogens is 1. The van der Waals surface area contributed by atoms with Gasteiger partial charge in [-0.3, -0.25) is 4.79 Å². The summed E-state index contributed by atoms with van der Waals surface area (Å²) in [6.07, 6.45) is 2.32. The summed E-state index contributed by atoms with van der Waals surface area (Å²) in [4.78, 5) is 12.5. The van der Waals surface area contributed by atoms with Gasteiger partial charge in [-0.25, -0.2) is 12.8 Å². The van der Waals surface area contributed by atoms with E-state index in [-0.39, 0.29) is 42.0 Å². The molecule has 1 aliphatic carbocycles. The van der Waals surface area contributed by atoms with Crippen LogP contribution in [0.2, 0.25) is 6.32 Å². The fraction of sp³-hybridized carbons (Fsp3) is 0.400. The maximum Gasteiger partial charge on any atom is 0.454 e. The van der Waals surface area contributed by atoms with Crippen molar-refractivity contribution >= 4 is 34.0 Å². The van der Waals surface area contributed by atoms with Crippen LogP contribution in [0.3, 0.4) is 0 Å². The second kappa shape index (κ2) is 9.62. The Morgan fingerprint density at radius 3 is 2.56 bits per heavy atom. The SMILES string of the molecule is CCS(=O)(=O)N(Cc1cc2oc(-c3ccc(F)cc3)c(C(N)=O)c2cc1C1CC1)CC1COB(O)C1. The van der Waals surface area contributed by atoms with Crippen LogP contribution in [0.4, 0.5) is 4.39 Å². The van der Waals surface area contributed by atoms with Gasteiger partial charge in [0, 0.05) is 30.6 Å². The summed E-state index contributed by atoms with van der Waals surface area (Å²) in [7, 11) is -4.42. The molecule has 2 heterocycles. The lowest BCUT2D eigenvalue weighted by molar-refractivity contribution is 0.100. The summed E-state index contributed by atoms with van der Waals surface area (Å²) in [6.45, 7) is 2.28. The first kappa shape index (κ1) is 24.9. The third-order valence-corrected chi connectivity index (χ3v) is 8.74. The minimum absolute atomic E-state index is 0.0502. The number of carbonyl (C=O) groups excluding carboxylic acids is 1. The number of nitrogens with zero attached hydrogens (tertiary/aromatic N) is 1. The third kappa shape index (κ3) is 4.93. The second-order valence-corrected chi connectivity index (χ2v) is 11.8. The molecule has 0 bridgehead atoms. The highest BCUT2D eigenvalue weighted by molar-refractivity contribution is 7.89. The topological polar surface area (TPSA) is 123 Å². The van der Waals surface area contributed by atoms with Gasteiger partial charge < -0.3 is 19.8 Å². The predicted octanol–water partition coefficient (Wildman–Crippen LogP) is 3.49. The maximum atomic E-state index is 13.5. The molecule has 3 N–H and O–H groups in total. The Morgan fingerprint density at radius 1 is 1.25 bits per heavy atom. The van der Waals surface area contributed by atoms with Crippen LogP contribution in [0.1, 0.15) is 47.2 Å². The summed E-state index contributed by atoms with van der Waals surface area (Å²) in [6, 6.07) is 9.29. The first-order chi connectivity index (χ1) is 17.2. The van der Waals surface area contributed by atoms with Crippen molar-refractivity contribution < 1.29 is 31.7 Å². The van der Waals surface area contributed by atoms with Gasteiger partial charge in [-0.15, -0.1) is 0 Å². The van der Waals surface area contributed by atoms with Gasteiger partial charge in [-0.05, 0) is 85.4 Å². The minimum atomic E-state index is -3.55. The normalized spacial score (nSPS) is 18.4. The number of carbonyl (C=O) groups is 1. The highest BCUT2D eigenvalue weighted by Gasteiger charge is 2.35. The Bertz CT molecular complexity index is 1400. The number of benzene rings is 2. The van der Waals surface area contributed by atoms with Gasteiger partial charge in [0.25, 0.3) is 5.91 Å². The molecule has 5 rings (SSSR count). The molecule has 2 aliphatic rings. The van der Waals surface area contributed by atoms with E-state index in [1.165, 1.54) is 28.6 Å². The first-order valence-corrected chi connectivity index (χ1v) is 13.7. The summed E-state index contributed by atoms with van der Waals surface area (Å²) >= 11 is 0. The van der Waals surface area contributed by atoms with Gasteiger partial charge in [-0.1, -0.05) is 0 Å². The number of fused-ring (bicyclic) bond motifs is 1. The number of furan rings is 1. The van der Waals surface area contributed by atoms with E-state index >= 15 is 0 Å². The van der Waals surface area contributed by atoms with Crippen LogP contribution in [0.15, 0.2) is 40.8 Å². The summed E-state index contributed by atoms with van der Waals surface area (Å²) in [5, 5.41) is 10.3. The largest absolute Gasteiger partial charge is 0.455 e. The Balaban J connectivity index is 1.58. The molecule has 2 aromatic carbocycles. The maximum absolute atomic E-state index is 13.5. The zero-order valence-electron chi connectivity index (χ0n) is 19.9. The second-order valence-electron chi connectivity index (χ2n) is 9.58. The molecule has 3 aromatic rings. The number of sulfonamides is 1. The van der Waals surface area contributed by atoms with E-state index in [2.05, 4.69) is 0 Å². The van der Waals surface area contributed by atoms with Crippen molar-refractivity contribution in [3.8, 4) is 11.3 Å². The summed E-state index contributed by atoms with van der Waals surface area (Å²) in [5.74, 6) is -0.706. The van der Waals surface area contributed by atoms with E-state index < -0.39 is 28.9 Å². The molecule has 0 spiro atoms. The van der Waals surface area contributed by atoms with E-state index in [4.69, 9.17) is 14.8 Å². The van der Waals surface area contributed by atoms with Crippen LogP contribution in [0, 0.1) is 11.7 Å². The number of amides is 1. The van der Waals surface area contributed by atoms with E-state index in [1.54, 1.807) is 13.0 Å². The lowest BCUT2D eigenvalue weighted by Gasteiger charge is -2.25. The van der Waals surface area contributed by atoms with E-state index in [1.807, 2.05) is 6.07 Å². The number of hydrogen-bond acceptors (Lipinski definition) is 6. The van der Waals surface area contributed by atoms with E-state index in [9.17, 15) is 22.6 Å². The average Bonchev–Trinajstić information content (AvgIpc) is 3.50. The molecule has 1 aromatic heterocycles. The zero-order chi connectivity index (χ0) is 25.6. The number of rotatable bonds is 9. The van der Waals surface area contributed by atoms with Crippen molar-refractivity contribution in [2.75, 3.05) is 18.9 Å². The lowest BCUT2D eigenvalue weighted by atomic mass is 9.82. The van der Waals surface area contributed by atoms with Crippen LogP contribution in [0.25, 0.3) is 22.3 Å². The molecule has 1 saturated carbocycles. The molecule has 1 amide bonds. The fourth-order valence-electron chi connectivity index (χ4n) is 4.89. The molecule has 36 heavy (non-hydrogen) atoms. The highest BCUT2D eigenvalue weighted by atomic mass is 32.2. The van der Waals surface area contributed by atoms with Crippen molar-refractivity contribution in [2.45, 2.75) is 38.5 Å². The Kier molecular flexibility index (Phi) is 6.67. The van der Waals surface area contributed by atoms with Crippen LogP contribution in [-0.4, -0.2) is 49.7 Å². The Hall–Kier alpha value is -2.73. The Labute approximate surface area is 209 Å². The molecule has 11 heteroatoms. The van der Waals surface area contributed by atoms with E-state index in [0.717, 1.165) is 24.0 Å². The van der Waals surface area contributed by atoms with Gasteiger partial charge in [0.2, 0.25) is 10.0 Å². The monoisotopic (exact) mass is 514 g/mol. The van der Waals surface area contributed by atoms with Crippen LogP contribution in [0.5, 0.6) is 0 Å². The van der Waals surface area contributed by atoms with Gasteiger partial charge >= 0.3 is 7.12 Å². The van der Waals surface area contributed by atoms with Crippen molar-refractivity contribution in [1.29, 1.82) is 0 Å². The highest BCUT2D eigenvalue weighted by Crippen LogP contribution is 2.45. The van der Waals surface area contributed by atoms with Crippen LogP contribution < -0.4 is 5.73 Å². The molecule has 8 nitrogen and oxygen atoms in total. The molecule has 1 saturated heterocycles. The first-order valence-electron chi connectivity index (χ1n) is 12.1. The molecule has 1 atom stereocenters. The molecule has 0 radical (unpaired) electrons. The molecule has 190 valence electrons. The van der Waals surface area contributed by atoms with Crippen LogP contribution in [-0.2, 0) is 21.2 Å². The molecular weight excluding hydrogens is 486 g/mol. The number of primary amides is 1. The average molecular weight is 514 g/mol. The number of hydrogen-bond donors (Lipinski definition) is 2. The van der Waals surface area contributed by atoms with Crippen molar-refractivity contribution in [1.82, 2.24) is 4.31 Å². The van der Waals surface area contributed by atoms with Gasteiger partial charge in [0.05, 0.1) is 11.3 Å². The smallest absolute Gasteiger partial charge is 0.454 e. The standard InChI is InChI=1S/C25H28BFN2O6S/c1-2-36(32,33)29(12-15-11-26(31)34-14-15)13-18-9-22-21(10-20(18)16-3-4-16)23(25(28)30)24(35-22)17-5-7-19(27)8-6-17/h5-10,15-16,31H,2-4,11-14H2,1H3,(H2,28,30). The molecule has 1 aliphatic heterocycles. The third-order valence-electron chi connectivity index (χ3n) is 6.95. The fourth-order valence-corrected chi connectivity index (χ4v) is 6.03. The van der Waals surface area contributed by atoms with Crippen molar-refractivity contribution in [2.24, 2.45) is 11.7 Å². The number of nitrogens with two attached hydrogens (primary N) is 1. The summed E-state index contributed by atoms with van der Waals surface area (Å²) < 4.78 is 52.2. The van der Waals surface area contributed by atoms with Crippen LogP contribution >= 0.6 is 0 Å². The minimum Gasteiger partial charge on any atom is -0.455 e. The zero-order valence-corrected chi connectivity index (χ0v) is 20.8. The molecule has 1 unspecified atom stereocenters. The van der Waals surface area contributed by atoms with Gasteiger partial charge in [0.1, 0.15) is 17.2 Å². The Morgan fingerprint density at radius 2 is 1.97 bits per heavy atom. The van der Waals surface area contributed by atoms with Gasteiger partial charge in [0.15, 0.2) is 0 Å².